The van der Waals surface area contributed by atoms with Crippen molar-refractivity contribution in [1.29, 1.82) is 0 Å². The molecule has 0 atom stereocenters. The molecular weight excluding hydrogens is 248 g/mol. The number of aryl methyl sites for hydroxylation is 4. The fourth-order valence-electron chi connectivity index (χ4n) is 2.78. The van der Waals surface area contributed by atoms with Crippen molar-refractivity contribution in [2.45, 2.75) is 41.0 Å². The lowest BCUT2D eigenvalue weighted by molar-refractivity contribution is 0.992. The van der Waals surface area contributed by atoms with Crippen molar-refractivity contribution >= 4 is 5.82 Å². The zero-order chi connectivity index (χ0) is 14.9. The van der Waals surface area contributed by atoms with Crippen LogP contribution in [0.1, 0.15) is 34.9 Å². The second-order valence-electron chi connectivity index (χ2n) is 5.23. The summed E-state index contributed by atoms with van der Waals surface area (Å²) in [6.07, 6.45) is 0.859. The molecule has 0 saturated carbocycles. The molecule has 1 aromatic carbocycles. The Morgan fingerprint density at radius 1 is 1.05 bits per heavy atom. The molecule has 2 aromatic rings. The summed E-state index contributed by atoms with van der Waals surface area (Å²) in [5.74, 6) is 7.06. The zero-order valence-corrected chi connectivity index (χ0v) is 12.8. The minimum Gasteiger partial charge on any atom is -0.308 e. The first-order valence-corrected chi connectivity index (χ1v) is 6.90. The van der Waals surface area contributed by atoms with E-state index >= 15 is 0 Å². The highest BCUT2D eigenvalue weighted by atomic mass is 15.3. The first-order valence-electron chi connectivity index (χ1n) is 6.90. The Balaban J connectivity index is 2.68. The molecule has 0 amide bonds. The summed E-state index contributed by atoms with van der Waals surface area (Å²) >= 11 is 0. The van der Waals surface area contributed by atoms with Gasteiger partial charge in [0.05, 0.1) is 0 Å². The molecule has 0 unspecified atom stereocenters. The third-order valence-corrected chi connectivity index (χ3v) is 3.60. The summed E-state index contributed by atoms with van der Waals surface area (Å²) in [7, 11) is 0. The van der Waals surface area contributed by atoms with Crippen LogP contribution in [-0.2, 0) is 6.42 Å². The summed E-state index contributed by atoms with van der Waals surface area (Å²) in [6.45, 7) is 10.4. The predicted molar refractivity (Wildman–Crippen MR) is 83.6 cm³/mol. The van der Waals surface area contributed by atoms with Crippen LogP contribution < -0.4 is 11.3 Å². The van der Waals surface area contributed by atoms with Gasteiger partial charge in [0.1, 0.15) is 5.82 Å². The topological polar surface area (TPSA) is 63.8 Å². The molecule has 1 aromatic heterocycles. The number of aromatic nitrogens is 2. The normalized spacial score (nSPS) is 10.7. The van der Waals surface area contributed by atoms with Crippen LogP contribution in [0.3, 0.4) is 0 Å². The zero-order valence-electron chi connectivity index (χ0n) is 12.8. The van der Waals surface area contributed by atoms with Crippen molar-refractivity contribution in [2.24, 2.45) is 5.84 Å². The van der Waals surface area contributed by atoms with Gasteiger partial charge < -0.3 is 5.43 Å². The molecule has 0 fully saturated rings. The molecule has 0 aliphatic carbocycles. The van der Waals surface area contributed by atoms with Gasteiger partial charge in [-0.1, -0.05) is 24.6 Å². The fraction of sp³-hybridized carbons (Fsp3) is 0.375. The Kier molecular flexibility index (Phi) is 4.04. The van der Waals surface area contributed by atoms with Crippen LogP contribution >= 0.6 is 0 Å². The number of benzene rings is 1. The Labute approximate surface area is 120 Å². The number of nitrogen functional groups attached to an aromatic ring is 1. The van der Waals surface area contributed by atoms with E-state index in [0.29, 0.717) is 0 Å². The lowest BCUT2D eigenvalue weighted by Crippen LogP contribution is -2.14. The molecule has 3 N–H and O–H groups in total. The molecule has 106 valence electrons. The van der Waals surface area contributed by atoms with Gasteiger partial charge in [-0.2, -0.15) is 0 Å². The smallest absolute Gasteiger partial charge is 0.162 e. The molecule has 0 spiro atoms. The van der Waals surface area contributed by atoms with Crippen LogP contribution in [-0.4, -0.2) is 9.97 Å². The lowest BCUT2D eigenvalue weighted by Gasteiger charge is -2.14. The van der Waals surface area contributed by atoms with Gasteiger partial charge in [0.25, 0.3) is 0 Å². The van der Waals surface area contributed by atoms with Crippen LogP contribution in [0.25, 0.3) is 11.4 Å². The van der Waals surface area contributed by atoms with E-state index < -0.39 is 0 Å². The molecule has 0 aliphatic rings. The maximum absolute atomic E-state index is 5.60. The summed E-state index contributed by atoms with van der Waals surface area (Å²) in [5, 5.41) is 0. The number of anilines is 1. The molecule has 0 aliphatic heterocycles. The number of hydrogen-bond acceptors (Lipinski definition) is 4. The second-order valence-corrected chi connectivity index (χ2v) is 5.23. The largest absolute Gasteiger partial charge is 0.308 e. The van der Waals surface area contributed by atoms with Crippen LogP contribution in [0, 0.1) is 27.7 Å². The van der Waals surface area contributed by atoms with Crippen LogP contribution in [0.15, 0.2) is 12.1 Å². The lowest BCUT2D eigenvalue weighted by atomic mass is 9.99. The van der Waals surface area contributed by atoms with Crippen molar-refractivity contribution in [1.82, 2.24) is 9.97 Å². The Hall–Kier alpha value is -1.94. The van der Waals surface area contributed by atoms with Gasteiger partial charge in [0, 0.05) is 16.8 Å². The fourth-order valence-corrected chi connectivity index (χ4v) is 2.78. The Bertz CT molecular complexity index is 624. The maximum Gasteiger partial charge on any atom is 0.162 e. The Morgan fingerprint density at radius 2 is 1.65 bits per heavy atom. The minimum atomic E-state index is 0.717. The highest BCUT2D eigenvalue weighted by Crippen LogP contribution is 2.28. The molecule has 4 heteroatoms. The number of nitrogens with zero attached hydrogens (tertiary/aromatic N) is 2. The molecule has 4 nitrogen and oxygen atoms in total. The van der Waals surface area contributed by atoms with E-state index in [0.717, 1.165) is 34.9 Å². The third-order valence-electron chi connectivity index (χ3n) is 3.60. The Morgan fingerprint density at radius 3 is 2.15 bits per heavy atom. The molecule has 0 bridgehead atoms. The van der Waals surface area contributed by atoms with Gasteiger partial charge in [0.2, 0.25) is 0 Å². The number of rotatable bonds is 3. The maximum atomic E-state index is 5.60. The van der Waals surface area contributed by atoms with Crippen LogP contribution in [0.2, 0.25) is 0 Å². The van der Waals surface area contributed by atoms with E-state index in [1.165, 1.54) is 16.7 Å². The van der Waals surface area contributed by atoms with Crippen LogP contribution in [0.5, 0.6) is 0 Å². The molecule has 0 saturated heterocycles. The van der Waals surface area contributed by atoms with Crippen molar-refractivity contribution in [3.05, 3.63) is 40.1 Å². The highest BCUT2D eigenvalue weighted by Gasteiger charge is 2.14. The molecule has 2 rings (SSSR count). The number of nitrogens with two attached hydrogens (primary N) is 1. The van der Waals surface area contributed by atoms with Gasteiger partial charge in [-0.05, 0) is 45.2 Å². The quantitative estimate of drug-likeness (QED) is 0.664. The summed E-state index contributed by atoms with van der Waals surface area (Å²) in [5.41, 5.74) is 9.47. The van der Waals surface area contributed by atoms with E-state index in [1.54, 1.807) is 0 Å². The molecule has 0 radical (unpaired) electrons. The summed E-state index contributed by atoms with van der Waals surface area (Å²) in [4.78, 5) is 9.26. The van der Waals surface area contributed by atoms with Crippen LogP contribution in [0.4, 0.5) is 5.82 Å². The first-order chi connectivity index (χ1) is 9.47. The van der Waals surface area contributed by atoms with Gasteiger partial charge in [-0.15, -0.1) is 0 Å². The van der Waals surface area contributed by atoms with E-state index in [2.05, 4.69) is 55.2 Å². The van der Waals surface area contributed by atoms with Crippen molar-refractivity contribution < 1.29 is 0 Å². The van der Waals surface area contributed by atoms with Gasteiger partial charge >= 0.3 is 0 Å². The van der Waals surface area contributed by atoms with E-state index in [1.807, 2.05) is 6.92 Å². The summed E-state index contributed by atoms with van der Waals surface area (Å²) < 4.78 is 0. The van der Waals surface area contributed by atoms with Crippen molar-refractivity contribution in [3.63, 3.8) is 0 Å². The average molecular weight is 270 g/mol. The molecular formula is C16H22N4. The van der Waals surface area contributed by atoms with Crippen molar-refractivity contribution in [2.75, 3.05) is 5.43 Å². The summed E-state index contributed by atoms with van der Waals surface area (Å²) in [6, 6.07) is 4.31. The van der Waals surface area contributed by atoms with Gasteiger partial charge in [-0.3, -0.25) is 0 Å². The second kappa shape index (κ2) is 5.59. The molecule has 20 heavy (non-hydrogen) atoms. The predicted octanol–water partition coefficient (Wildman–Crippen LogP) is 3.23. The highest BCUT2D eigenvalue weighted by molar-refractivity contribution is 5.67. The minimum absolute atomic E-state index is 0.717. The number of nitrogens with one attached hydrogen (secondary N) is 1. The van der Waals surface area contributed by atoms with Gasteiger partial charge in [-0.25, -0.2) is 15.8 Å². The first kappa shape index (κ1) is 14.5. The van der Waals surface area contributed by atoms with E-state index in [-0.39, 0.29) is 0 Å². The van der Waals surface area contributed by atoms with Gasteiger partial charge in [0.15, 0.2) is 5.82 Å². The van der Waals surface area contributed by atoms with E-state index in [9.17, 15) is 0 Å². The van der Waals surface area contributed by atoms with Crippen molar-refractivity contribution in [3.8, 4) is 11.4 Å². The SMILES string of the molecule is CCc1c(C)nc(-c2c(C)cc(C)cc2C)nc1NN. The number of hydrazine groups is 1. The standard InChI is InChI=1S/C16H22N4/c1-6-13-12(5)18-16(19-15(13)20-17)14-10(3)7-9(2)8-11(14)4/h7-8H,6,17H2,1-5H3,(H,18,19,20). The average Bonchev–Trinajstić information content (AvgIpc) is 2.36. The molecule has 1 heterocycles. The number of hydrogen-bond donors (Lipinski definition) is 2. The third kappa shape index (κ3) is 2.51. The van der Waals surface area contributed by atoms with E-state index in [4.69, 9.17) is 5.84 Å². The monoisotopic (exact) mass is 270 g/mol.